The molecule has 4 heterocycles. The maximum Gasteiger partial charge on any atom is 0.410 e. The van der Waals surface area contributed by atoms with Gasteiger partial charge in [0, 0.05) is 44.9 Å². The number of amides is 1. The smallest absolute Gasteiger partial charge is 0.410 e. The lowest BCUT2D eigenvalue weighted by atomic mass is 10.1. The van der Waals surface area contributed by atoms with Crippen molar-refractivity contribution in [3.8, 4) is 17.8 Å². The van der Waals surface area contributed by atoms with Crippen molar-refractivity contribution in [3.63, 3.8) is 0 Å². The van der Waals surface area contributed by atoms with E-state index in [9.17, 15) is 10.1 Å². The Hall–Kier alpha value is -3.53. The molecule has 1 amide bonds. The summed E-state index contributed by atoms with van der Waals surface area (Å²) in [5, 5.41) is 10.2. The molecule has 250 valence electrons. The SMILES string of the molecule is COCOc1cccc(N2CCCc3c(nc(OC[C@@H]4CCCN4C)nc3N3CCN(C(=O)OC(C)(C)C)C(CC#N)C3)C2)c1Cl. The summed E-state index contributed by atoms with van der Waals surface area (Å²) in [5.41, 5.74) is 2.16. The van der Waals surface area contributed by atoms with E-state index in [-0.39, 0.29) is 19.3 Å². The molecule has 3 aliphatic heterocycles. The maximum atomic E-state index is 13.1. The minimum Gasteiger partial charge on any atom is -0.466 e. The summed E-state index contributed by atoms with van der Waals surface area (Å²) in [5.74, 6) is 1.36. The van der Waals surface area contributed by atoms with Gasteiger partial charge in [-0.25, -0.2) is 4.79 Å². The van der Waals surface area contributed by atoms with Crippen LogP contribution < -0.4 is 19.3 Å². The predicted octanol–water partition coefficient (Wildman–Crippen LogP) is 4.88. The summed E-state index contributed by atoms with van der Waals surface area (Å²) in [6, 6.07) is 8.33. The first kappa shape index (κ1) is 33.8. The number of likely N-dealkylation sites (N-methyl/N-ethyl adjacent to an activating group) is 1. The molecule has 2 fully saturated rings. The molecular weight excluding hydrogens is 610 g/mol. The Morgan fingerprint density at radius 1 is 1.09 bits per heavy atom. The number of aromatic nitrogens is 2. The largest absolute Gasteiger partial charge is 0.466 e. The lowest BCUT2D eigenvalue weighted by Gasteiger charge is -2.42. The second kappa shape index (κ2) is 14.9. The van der Waals surface area contributed by atoms with Gasteiger partial charge in [0.1, 0.15) is 28.8 Å². The van der Waals surface area contributed by atoms with Crippen LogP contribution in [0.15, 0.2) is 18.2 Å². The lowest BCUT2D eigenvalue weighted by molar-refractivity contribution is 0.0144. The van der Waals surface area contributed by atoms with Crippen molar-refractivity contribution >= 4 is 29.2 Å². The molecule has 0 bridgehead atoms. The van der Waals surface area contributed by atoms with Crippen LogP contribution in [0.25, 0.3) is 0 Å². The Morgan fingerprint density at radius 2 is 1.91 bits per heavy atom. The van der Waals surface area contributed by atoms with Crippen LogP contribution in [0, 0.1) is 11.3 Å². The van der Waals surface area contributed by atoms with Gasteiger partial charge in [-0.05, 0) is 72.2 Å². The molecule has 0 spiro atoms. The van der Waals surface area contributed by atoms with Crippen LogP contribution in [0.1, 0.15) is 57.7 Å². The van der Waals surface area contributed by atoms with Crippen LogP contribution in [0.3, 0.4) is 0 Å². The fraction of sp³-hybridized carbons (Fsp3) is 0.636. The minimum atomic E-state index is -0.626. The number of anilines is 2. The van der Waals surface area contributed by atoms with Gasteiger partial charge in [0.05, 0.1) is 36.5 Å². The quantitative estimate of drug-likeness (QED) is 0.344. The molecule has 12 nitrogen and oxygen atoms in total. The van der Waals surface area contributed by atoms with Gasteiger partial charge >= 0.3 is 12.1 Å². The zero-order chi connectivity index (χ0) is 32.8. The molecule has 1 unspecified atom stereocenters. The first-order valence-electron chi connectivity index (χ1n) is 16.1. The molecule has 3 aliphatic rings. The zero-order valence-electron chi connectivity index (χ0n) is 27.6. The number of nitriles is 1. The Bertz CT molecular complexity index is 1410. The number of benzene rings is 1. The van der Waals surface area contributed by atoms with Crippen molar-refractivity contribution in [1.29, 1.82) is 5.26 Å². The van der Waals surface area contributed by atoms with Crippen molar-refractivity contribution in [1.82, 2.24) is 19.8 Å². The first-order valence-corrected chi connectivity index (χ1v) is 16.4. The van der Waals surface area contributed by atoms with E-state index < -0.39 is 11.7 Å². The molecule has 0 N–H and O–H groups in total. The third-order valence-electron chi connectivity index (χ3n) is 8.68. The molecule has 2 saturated heterocycles. The molecule has 0 saturated carbocycles. The van der Waals surface area contributed by atoms with E-state index in [0.717, 1.165) is 61.5 Å². The number of rotatable bonds is 9. The molecule has 2 aromatic rings. The number of hydrogen-bond donors (Lipinski definition) is 0. The fourth-order valence-corrected chi connectivity index (χ4v) is 6.65. The van der Waals surface area contributed by atoms with Crippen LogP contribution in [-0.2, 0) is 22.4 Å². The van der Waals surface area contributed by atoms with Crippen LogP contribution >= 0.6 is 11.6 Å². The topological polar surface area (TPSA) is 117 Å². The highest BCUT2D eigenvalue weighted by molar-refractivity contribution is 6.34. The summed E-state index contributed by atoms with van der Waals surface area (Å²) >= 11 is 6.84. The molecule has 0 radical (unpaired) electrons. The monoisotopic (exact) mass is 655 g/mol. The normalized spacial score (nSPS) is 20.6. The summed E-state index contributed by atoms with van der Waals surface area (Å²) in [6.07, 6.45) is 3.63. The van der Waals surface area contributed by atoms with Crippen LogP contribution in [-0.4, -0.2) is 104 Å². The van der Waals surface area contributed by atoms with E-state index in [4.69, 9.17) is 40.5 Å². The Kier molecular flexibility index (Phi) is 11.0. The summed E-state index contributed by atoms with van der Waals surface area (Å²) in [6.45, 7) is 9.89. The number of halogens is 1. The number of carbonyl (C=O) groups excluding carboxylic acids is 1. The zero-order valence-corrected chi connectivity index (χ0v) is 28.4. The molecule has 0 aliphatic carbocycles. The Balaban J connectivity index is 1.46. The Labute approximate surface area is 277 Å². The number of carbonyl (C=O) groups is 1. The molecule has 46 heavy (non-hydrogen) atoms. The third kappa shape index (κ3) is 8.06. The van der Waals surface area contributed by atoms with Crippen molar-refractivity contribution in [2.45, 2.75) is 77.1 Å². The number of hydrogen-bond acceptors (Lipinski definition) is 11. The third-order valence-corrected chi connectivity index (χ3v) is 9.06. The highest BCUT2D eigenvalue weighted by Gasteiger charge is 2.36. The summed E-state index contributed by atoms with van der Waals surface area (Å²) in [7, 11) is 3.70. The van der Waals surface area contributed by atoms with E-state index >= 15 is 0 Å². The highest BCUT2D eigenvalue weighted by Crippen LogP contribution is 2.38. The van der Waals surface area contributed by atoms with E-state index in [0.29, 0.717) is 55.6 Å². The number of ether oxygens (including phenoxy) is 4. The van der Waals surface area contributed by atoms with Crippen molar-refractivity contribution in [2.24, 2.45) is 0 Å². The summed E-state index contributed by atoms with van der Waals surface area (Å²) < 4.78 is 22.8. The van der Waals surface area contributed by atoms with Gasteiger partial charge in [-0.2, -0.15) is 15.2 Å². The van der Waals surface area contributed by atoms with E-state index in [1.807, 2.05) is 39.0 Å². The maximum absolute atomic E-state index is 13.1. The average Bonchev–Trinajstić information content (AvgIpc) is 3.30. The number of fused-ring (bicyclic) bond motifs is 1. The number of methoxy groups -OCH3 is 1. The predicted molar refractivity (Wildman–Crippen MR) is 176 cm³/mol. The van der Waals surface area contributed by atoms with Crippen LogP contribution in [0.2, 0.25) is 5.02 Å². The minimum absolute atomic E-state index is 0.105. The van der Waals surface area contributed by atoms with Gasteiger partial charge in [-0.15, -0.1) is 0 Å². The van der Waals surface area contributed by atoms with E-state index in [1.54, 1.807) is 12.0 Å². The van der Waals surface area contributed by atoms with Gasteiger partial charge in [-0.1, -0.05) is 17.7 Å². The van der Waals surface area contributed by atoms with E-state index in [2.05, 4.69) is 27.8 Å². The molecule has 1 aromatic heterocycles. The van der Waals surface area contributed by atoms with Crippen molar-refractivity contribution in [2.75, 3.05) is 70.1 Å². The van der Waals surface area contributed by atoms with Gasteiger partial charge in [0.15, 0.2) is 6.79 Å². The van der Waals surface area contributed by atoms with Crippen molar-refractivity contribution < 1.29 is 23.7 Å². The second-order valence-corrected chi connectivity index (χ2v) is 13.5. The van der Waals surface area contributed by atoms with Gasteiger partial charge < -0.3 is 38.5 Å². The fourth-order valence-electron chi connectivity index (χ4n) is 6.35. The van der Waals surface area contributed by atoms with Gasteiger partial charge in [0.2, 0.25) is 0 Å². The molecule has 13 heteroatoms. The second-order valence-electron chi connectivity index (χ2n) is 13.1. The molecular formula is C33H46ClN7O5. The standard InChI is InChI=1S/C33H46ClN7O5/c1-33(2,3)46-32(42)41-18-17-40(19-23(41)13-14-35)30-25-10-8-16-39(27-11-6-12-28(29(27)34)45-22-43-5)20-26(25)36-31(37-30)44-21-24-9-7-15-38(24)4/h6,11-12,23-24H,7-10,13,15-22H2,1-5H3/t23?,24-/m0/s1. The Morgan fingerprint density at radius 3 is 2.63 bits per heavy atom. The van der Waals surface area contributed by atoms with Crippen molar-refractivity contribution in [3.05, 3.63) is 34.5 Å². The van der Waals surface area contributed by atoms with Gasteiger partial charge in [0.25, 0.3) is 0 Å². The molecule has 5 rings (SSSR count). The summed E-state index contributed by atoms with van der Waals surface area (Å²) in [4.78, 5) is 31.5. The van der Waals surface area contributed by atoms with Gasteiger partial charge in [-0.3, -0.25) is 0 Å². The average molecular weight is 656 g/mol. The molecule has 1 aromatic carbocycles. The lowest BCUT2D eigenvalue weighted by Crippen LogP contribution is -2.56. The first-order chi connectivity index (χ1) is 22.1. The highest BCUT2D eigenvalue weighted by atomic mass is 35.5. The van der Waals surface area contributed by atoms with Crippen LogP contribution in [0.5, 0.6) is 11.8 Å². The number of nitrogens with zero attached hydrogens (tertiary/aromatic N) is 7. The number of piperazine rings is 1. The van der Waals surface area contributed by atoms with E-state index in [1.165, 1.54) is 0 Å². The number of likely N-dealkylation sites (tertiary alicyclic amines) is 1. The van der Waals surface area contributed by atoms with Crippen LogP contribution in [0.4, 0.5) is 16.3 Å². The molecule has 2 atom stereocenters.